The average Bonchev–Trinajstić information content (AvgIpc) is 3.11. The molecule has 3 aromatic rings. The molecule has 0 spiro atoms. The van der Waals surface area contributed by atoms with Gasteiger partial charge in [0.15, 0.2) is 0 Å². The topological polar surface area (TPSA) is 67.3 Å². The maximum atomic E-state index is 12.9. The number of aliphatic hydroxyl groups is 1. The predicted octanol–water partition coefficient (Wildman–Crippen LogP) is 4.63. The van der Waals surface area contributed by atoms with Crippen molar-refractivity contribution in [3.63, 3.8) is 0 Å². The third kappa shape index (κ3) is 4.22. The van der Waals surface area contributed by atoms with Gasteiger partial charge in [-0.1, -0.05) is 12.1 Å². The van der Waals surface area contributed by atoms with E-state index in [1.807, 2.05) is 6.07 Å². The first kappa shape index (κ1) is 20.1. The Labute approximate surface area is 169 Å². The number of hydrogen-bond donors (Lipinski definition) is 2. The van der Waals surface area contributed by atoms with Crippen molar-refractivity contribution >= 4 is 27.4 Å². The lowest BCUT2D eigenvalue weighted by Gasteiger charge is -2.30. The molecule has 1 saturated heterocycles. The van der Waals surface area contributed by atoms with Crippen LogP contribution in [-0.4, -0.2) is 28.3 Å². The van der Waals surface area contributed by atoms with Gasteiger partial charge in [-0.15, -0.1) is 11.3 Å². The highest BCUT2D eigenvalue weighted by Gasteiger charge is 2.34. The maximum absolute atomic E-state index is 12.9. The van der Waals surface area contributed by atoms with Crippen molar-refractivity contribution in [3.05, 3.63) is 52.2 Å². The predicted molar refractivity (Wildman–Crippen MR) is 105 cm³/mol. The number of thiophene rings is 1. The fraction of sp³-hybridized carbons (Fsp3) is 0.400. The molecule has 154 valence electrons. The number of anilines is 1. The van der Waals surface area contributed by atoms with Gasteiger partial charge in [0, 0.05) is 37.5 Å². The van der Waals surface area contributed by atoms with Crippen LogP contribution in [0, 0.1) is 6.92 Å². The minimum absolute atomic E-state index is 0.195. The van der Waals surface area contributed by atoms with E-state index in [1.54, 1.807) is 13.0 Å². The van der Waals surface area contributed by atoms with E-state index in [-0.39, 0.29) is 6.54 Å². The van der Waals surface area contributed by atoms with Crippen LogP contribution in [0.3, 0.4) is 0 Å². The second-order valence-electron chi connectivity index (χ2n) is 7.14. The quantitative estimate of drug-likeness (QED) is 0.641. The molecule has 3 heterocycles. The smallest absolute Gasteiger partial charge is 0.384 e. The number of fused-ring (bicyclic) bond motifs is 1. The molecule has 1 aromatic carbocycles. The van der Waals surface area contributed by atoms with Crippen LogP contribution in [0.5, 0.6) is 0 Å². The van der Waals surface area contributed by atoms with Gasteiger partial charge < -0.3 is 15.2 Å². The second kappa shape index (κ2) is 7.55. The monoisotopic (exact) mass is 423 g/mol. The van der Waals surface area contributed by atoms with E-state index < -0.39 is 17.3 Å². The minimum atomic E-state index is -4.38. The highest BCUT2D eigenvalue weighted by molar-refractivity contribution is 7.19. The fourth-order valence-corrected chi connectivity index (χ4v) is 4.60. The van der Waals surface area contributed by atoms with Crippen LogP contribution in [0.4, 0.5) is 19.0 Å². The Morgan fingerprint density at radius 1 is 1.21 bits per heavy atom. The van der Waals surface area contributed by atoms with Crippen LogP contribution in [-0.2, 0) is 23.1 Å². The summed E-state index contributed by atoms with van der Waals surface area (Å²) in [5, 5.41) is 14.1. The van der Waals surface area contributed by atoms with E-state index >= 15 is 0 Å². The van der Waals surface area contributed by atoms with Crippen molar-refractivity contribution in [1.82, 2.24) is 9.97 Å². The van der Waals surface area contributed by atoms with Crippen LogP contribution in [0.15, 0.2) is 30.3 Å². The van der Waals surface area contributed by atoms with Crippen LogP contribution in [0.2, 0.25) is 0 Å². The maximum Gasteiger partial charge on any atom is 0.416 e. The number of aromatic nitrogens is 2. The summed E-state index contributed by atoms with van der Waals surface area (Å²) in [7, 11) is 0. The van der Waals surface area contributed by atoms with Gasteiger partial charge in [-0.2, -0.15) is 13.2 Å². The van der Waals surface area contributed by atoms with Crippen molar-refractivity contribution in [1.29, 1.82) is 0 Å². The molecule has 0 bridgehead atoms. The molecule has 0 amide bonds. The van der Waals surface area contributed by atoms with E-state index in [0.29, 0.717) is 48.8 Å². The molecule has 29 heavy (non-hydrogen) atoms. The Kier molecular flexibility index (Phi) is 5.22. The van der Waals surface area contributed by atoms with Crippen molar-refractivity contribution in [2.45, 2.75) is 38.1 Å². The lowest BCUT2D eigenvalue weighted by molar-refractivity contribution is -0.137. The number of hydrogen-bond acceptors (Lipinski definition) is 6. The third-order valence-corrected chi connectivity index (χ3v) is 6.30. The van der Waals surface area contributed by atoms with E-state index in [1.165, 1.54) is 17.4 Å². The van der Waals surface area contributed by atoms with E-state index in [2.05, 4.69) is 15.3 Å². The fourth-order valence-electron chi connectivity index (χ4n) is 3.39. The number of ether oxygens (including phenoxy) is 1. The van der Waals surface area contributed by atoms with Gasteiger partial charge in [0.1, 0.15) is 17.2 Å². The molecule has 2 N–H and O–H groups in total. The second-order valence-corrected chi connectivity index (χ2v) is 8.19. The highest BCUT2D eigenvalue weighted by atomic mass is 32.1. The molecule has 0 saturated carbocycles. The van der Waals surface area contributed by atoms with Crippen molar-refractivity contribution in [2.24, 2.45) is 0 Å². The van der Waals surface area contributed by atoms with Crippen LogP contribution in [0.25, 0.3) is 10.2 Å². The summed E-state index contributed by atoms with van der Waals surface area (Å²) in [6.07, 6.45) is -3.35. The van der Waals surface area contributed by atoms with Gasteiger partial charge >= 0.3 is 6.18 Å². The molecule has 0 radical (unpaired) electrons. The number of nitrogens with one attached hydrogen (secondary N) is 1. The van der Waals surface area contributed by atoms with Crippen LogP contribution >= 0.6 is 11.3 Å². The molecule has 2 aromatic heterocycles. The average molecular weight is 423 g/mol. The Morgan fingerprint density at radius 3 is 2.69 bits per heavy atom. The molecule has 1 aliphatic heterocycles. The van der Waals surface area contributed by atoms with Gasteiger partial charge in [0.05, 0.1) is 15.8 Å². The van der Waals surface area contributed by atoms with Crippen molar-refractivity contribution in [2.75, 3.05) is 18.5 Å². The zero-order valence-corrected chi connectivity index (χ0v) is 16.5. The molecular formula is C20H20F3N3O2S. The molecule has 1 aliphatic rings. The lowest BCUT2D eigenvalue weighted by atomic mass is 9.93. The Bertz CT molecular complexity index is 1030. The molecule has 4 rings (SSSR count). The summed E-state index contributed by atoms with van der Waals surface area (Å²) in [6, 6.07) is 7.08. The third-order valence-electron chi connectivity index (χ3n) is 4.98. The zero-order valence-electron chi connectivity index (χ0n) is 15.7. The number of rotatable bonds is 4. The zero-order chi connectivity index (χ0) is 20.6. The number of benzene rings is 1. The lowest BCUT2D eigenvalue weighted by Crippen LogP contribution is -2.32. The summed E-state index contributed by atoms with van der Waals surface area (Å²) in [5.41, 5.74) is -0.412. The normalized spacial score (nSPS) is 16.9. The molecule has 0 atom stereocenters. The number of halogens is 3. The van der Waals surface area contributed by atoms with E-state index in [4.69, 9.17) is 4.74 Å². The van der Waals surface area contributed by atoms with Crippen LogP contribution < -0.4 is 5.32 Å². The van der Waals surface area contributed by atoms with Gasteiger partial charge in [0.2, 0.25) is 0 Å². The van der Waals surface area contributed by atoms with E-state index in [9.17, 15) is 18.3 Å². The van der Waals surface area contributed by atoms with Gasteiger partial charge in [-0.05, 0) is 30.7 Å². The Morgan fingerprint density at radius 2 is 1.97 bits per heavy atom. The Hall–Kier alpha value is -2.23. The summed E-state index contributed by atoms with van der Waals surface area (Å²) in [6.45, 7) is 2.95. The summed E-state index contributed by atoms with van der Waals surface area (Å²) in [5.74, 6) is 1.10. The SMILES string of the molecule is Cc1nc(NCc2cccc(C(F)(F)F)c2)c2sc(C3(O)CCOCC3)cc2n1. The summed E-state index contributed by atoms with van der Waals surface area (Å²) in [4.78, 5) is 9.68. The highest BCUT2D eigenvalue weighted by Crippen LogP contribution is 2.40. The molecule has 9 heteroatoms. The largest absolute Gasteiger partial charge is 0.416 e. The Balaban J connectivity index is 1.62. The van der Waals surface area contributed by atoms with Crippen LogP contribution in [0.1, 0.15) is 34.7 Å². The number of alkyl halides is 3. The standard InChI is InChI=1S/C20H20F3N3O2S/c1-12-25-15-10-16(19(27)5-7-28-8-6-19)29-17(15)18(26-12)24-11-13-3-2-4-14(9-13)20(21,22)23/h2-4,9-10,27H,5-8,11H2,1H3,(H,24,25,26). The molecule has 1 fully saturated rings. The number of aryl methyl sites for hydroxylation is 1. The van der Waals surface area contributed by atoms with Crippen molar-refractivity contribution in [3.8, 4) is 0 Å². The summed E-state index contributed by atoms with van der Waals surface area (Å²) < 4.78 is 44.9. The molecule has 0 aliphatic carbocycles. The first-order valence-electron chi connectivity index (χ1n) is 9.23. The van der Waals surface area contributed by atoms with E-state index in [0.717, 1.165) is 21.7 Å². The summed E-state index contributed by atoms with van der Waals surface area (Å²) >= 11 is 1.41. The van der Waals surface area contributed by atoms with Gasteiger partial charge in [-0.25, -0.2) is 9.97 Å². The minimum Gasteiger partial charge on any atom is -0.384 e. The first-order chi connectivity index (χ1) is 13.7. The molecule has 5 nitrogen and oxygen atoms in total. The van der Waals surface area contributed by atoms with Crippen molar-refractivity contribution < 1.29 is 23.0 Å². The number of nitrogens with zero attached hydrogens (tertiary/aromatic N) is 2. The van der Waals surface area contributed by atoms with Gasteiger partial charge in [0.25, 0.3) is 0 Å². The van der Waals surface area contributed by atoms with Gasteiger partial charge in [-0.3, -0.25) is 0 Å². The molecular weight excluding hydrogens is 403 g/mol. The first-order valence-corrected chi connectivity index (χ1v) is 10.1. The molecule has 0 unspecified atom stereocenters.